The Morgan fingerprint density at radius 1 is 1.38 bits per heavy atom. The van der Waals surface area contributed by atoms with Gasteiger partial charge in [-0.15, -0.1) is 0 Å². The lowest BCUT2D eigenvalue weighted by molar-refractivity contribution is -0.130. The van der Waals surface area contributed by atoms with Crippen molar-refractivity contribution in [3.63, 3.8) is 0 Å². The zero-order chi connectivity index (χ0) is 10.4. The lowest BCUT2D eigenvalue weighted by Crippen LogP contribution is -2.38. The summed E-state index contributed by atoms with van der Waals surface area (Å²) in [5.41, 5.74) is 0. The number of carbonyl (C=O) groups is 1. The minimum absolute atomic E-state index is 0.00815. The number of alkyl halides is 1. The van der Waals surface area contributed by atoms with Crippen LogP contribution in [0.3, 0.4) is 0 Å². The van der Waals surface area contributed by atoms with E-state index in [4.69, 9.17) is 0 Å². The van der Waals surface area contributed by atoms with E-state index in [9.17, 15) is 4.79 Å². The third-order valence-corrected chi connectivity index (χ3v) is 2.94. The van der Waals surface area contributed by atoms with Gasteiger partial charge in [0.05, 0.1) is 4.83 Å². The van der Waals surface area contributed by atoms with E-state index in [0.29, 0.717) is 5.92 Å². The predicted molar refractivity (Wildman–Crippen MR) is 60.1 cm³/mol. The standard InChI is InChI=1S/C10H20BrNO/c1-5-9(11)10(13)12(6-2)7-8(3)4/h8-9H,5-7H2,1-4H3. The van der Waals surface area contributed by atoms with Crippen molar-refractivity contribution in [2.24, 2.45) is 5.92 Å². The van der Waals surface area contributed by atoms with Gasteiger partial charge in [-0.1, -0.05) is 36.7 Å². The molecule has 1 atom stereocenters. The Kier molecular flexibility index (Phi) is 6.39. The van der Waals surface area contributed by atoms with Gasteiger partial charge < -0.3 is 4.90 Å². The molecule has 0 aliphatic rings. The van der Waals surface area contributed by atoms with Crippen LogP contribution in [-0.2, 0) is 4.79 Å². The van der Waals surface area contributed by atoms with Crippen LogP contribution in [0.25, 0.3) is 0 Å². The topological polar surface area (TPSA) is 20.3 Å². The number of halogens is 1. The van der Waals surface area contributed by atoms with E-state index in [2.05, 4.69) is 29.8 Å². The SMILES string of the molecule is CCC(Br)C(=O)N(CC)CC(C)C. The van der Waals surface area contributed by atoms with E-state index in [1.807, 2.05) is 18.7 Å². The molecule has 78 valence electrons. The summed E-state index contributed by atoms with van der Waals surface area (Å²) in [5.74, 6) is 0.763. The fourth-order valence-corrected chi connectivity index (χ4v) is 1.48. The molecule has 0 aliphatic carbocycles. The fraction of sp³-hybridized carbons (Fsp3) is 0.900. The third-order valence-electron chi connectivity index (χ3n) is 1.91. The highest BCUT2D eigenvalue weighted by Gasteiger charge is 2.19. The average Bonchev–Trinajstić information content (AvgIpc) is 2.11. The van der Waals surface area contributed by atoms with Crippen LogP contribution in [-0.4, -0.2) is 28.7 Å². The second kappa shape index (κ2) is 6.41. The summed E-state index contributed by atoms with van der Waals surface area (Å²) in [6, 6.07) is 0. The lowest BCUT2D eigenvalue weighted by Gasteiger charge is -2.24. The van der Waals surface area contributed by atoms with Crippen molar-refractivity contribution in [2.75, 3.05) is 13.1 Å². The zero-order valence-electron chi connectivity index (χ0n) is 9.01. The fourth-order valence-electron chi connectivity index (χ4n) is 1.19. The van der Waals surface area contributed by atoms with Gasteiger partial charge in [0.25, 0.3) is 0 Å². The first-order valence-corrected chi connectivity index (χ1v) is 5.87. The number of carbonyl (C=O) groups excluding carboxylic acids is 1. The summed E-state index contributed by atoms with van der Waals surface area (Å²) in [6.45, 7) is 9.96. The maximum Gasteiger partial charge on any atom is 0.236 e. The largest absolute Gasteiger partial charge is 0.342 e. The molecular weight excluding hydrogens is 230 g/mol. The maximum atomic E-state index is 11.7. The summed E-state index contributed by atoms with van der Waals surface area (Å²) >= 11 is 3.38. The smallest absolute Gasteiger partial charge is 0.236 e. The van der Waals surface area contributed by atoms with Gasteiger partial charge in [0, 0.05) is 13.1 Å². The molecule has 0 aromatic heterocycles. The highest BCUT2D eigenvalue weighted by molar-refractivity contribution is 9.10. The van der Waals surface area contributed by atoms with Crippen molar-refractivity contribution < 1.29 is 4.79 Å². The van der Waals surface area contributed by atoms with Crippen LogP contribution in [0.5, 0.6) is 0 Å². The molecule has 0 aromatic rings. The Morgan fingerprint density at radius 3 is 2.23 bits per heavy atom. The Balaban J connectivity index is 4.14. The Bertz CT molecular complexity index is 159. The van der Waals surface area contributed by atoms with Crippen LogP contribution in [0.4, 0.5) is 0 Å². The minimum atomic E-state index is -0.00815. The molecule has 0 heterocycles. The maximum absolute atomic E-state index is 11.7. The van der Waals surface area contributed by atoms with E-state index in [1.165, 1.54) is 0 Å². The van der Waals surface area contributed by atoms with Crippen LogP contribution in [0.1, 0.15) is 34.1 Å². The second-order valence-corrected chi connectivity index (χ2v) is 4.75. The number of rotatable bonds is 5. The molecule has 0 saturated carbocycles. The van der Waals surface area contributed by atoms with Gasteiger partial charge in [0.2, 0.25) is 5.91 Å². The van der Waals surface area contributed by atoms with E-state index in [1.54, 1.807) is 0 Å². The highest BCUT2D eigenvalue weighted by Crippen LogP contribution is 2.10. The number of nitrogens with zero attached hydrogens (tertiary/aromatic N) is 1. The lowest BCUT2D eigenvalue weighted by atomic mass is 10.2. The molecule has 0 rings (SSSR count). The summed E-state index contributed by atoms with van der Waals surface area (Å²) in [4.78, 5) is 13.6. The van der Waals surface area contributed by atoms with E-state index in [0.717, 1.165) is 19.5 Å². The molecule has 0 aliphatic heterocycles. The van der Waals surface area contributed by atoms with Crippen molar-refractivity contribution in [1.82, 2.24) is 4.90 Å². The van der Waals surface area contributed by atoms with Gasteiger partial charge in [-0.05, 0) is 19.3 Å². The molecule has 1 amide bonds. The number of amides is 1. The van der Waals surface area contributed by atoms with Gasteiger partial charge in [-0.2, -0.15) is 0 Å². The molecule has 2 nitrogen and oxygen atoms in total. The molecule has 0 radical (unpaired) electrons. The van der Waals surface area contributed by atoms with Crippen molar-refractivity contribution in [1.29, 1.82) is 0 Å². The van der Waals surface area contributed by atoms with Gasteiger partial charge in [0.15, 0.2) is 0 Å². The molecule has 0 spiro atoms. The predicted octanol–water partition coefficient (Wildman–Crippen LogP) is 2.66. The van der Waals surface area contributed by atoms with E-state index < -0.39 is 0 Å². The third kappa shape index (κ3) is 4.65. The molecule has 0 fully saturated rings. The Labute approximate surface area is 89.8 Å². The van der Waals surface area contributed by atoms with Crippen molar-refractivity contribution in [2.45, 2.75) is 38.9 Å². The van der Waals surface area contributed by atoms with E-state index in [-0.39, 0.29) is 10.7 Å². The van der Waals surface area contributed by atoms with Crippen LogP contribution in [0, 0.1) is 5.92 Å². The van der Waals surface area contributed by atoms with E-state index >= 15 is 0 Å². The van der Waals surface area contributed by atoms with Crippen LogP contribution < -0.4 is 0 Å². The molecule has 3 heteroatoms. The molecule has 0 bridgehead atoms. The molecule has 1 unspecified atom stereocenters. The summed E-state index contributed by atoms with van der Waals surface area (Å²) in [7, 11) is 0. The summed E-state index contributed by atoms with van der Waals surface area (Å²) in [5, 5.41) is 0. The Hall–Kier alpha value is -0.0500. The van der Waals surface area contributed by atoms with Crippen LogP contribution in [0.15, 0.2) is 0 Å². The number of hydrogen-bond donors (Lipinski definition) is 0. The van der Waals surface area contributed by atoms with Gasteiger partial charge in [-0.3, -0.25) is 4.79 Å². The van der Waals surface area contributed by atoms with Gasteiger partial charge in [0.1, 0.15) is 0 Å². The molecular formula is C10H20BrNO. The number of hydrogen-bond acceptors (Lipinski definition) is 1. The first-order valence-electron chi connectivity index (χ1n) is 4.95. The normalized spacial score (nSPS) is 13.1. The molecule has 0 N–H and O–H groups in total. The monoisotopic (exact) mass is 249 g/mol. The second-order valence-electron chi connectivity index (χ2n) is 3.65. The van der Waals surface area contributed by atoms with Crippen molar-refractivity contribution in [3.05, 3.63) is 0 Å². The average molecular weight is 250 g/mol. The quantitative estimate of drug-likeness (QED) is 0.687. The van der Waals surface area contributed by atoms with Crippen molar-refractivity contribution in [3.8, 4) is 0 Å². The Morgan fingerprint density at radius 2 is 1.92 bits per heavy atom. The summed E-state index contributed by atoms with van der Waals surface area (Å²) < 4.78 is 0. The molecule has 0 saturated heterocycles. The van der Waals surface area contributed by atoms with Gasteiger partial charge in [-0.25, -0.2) is 0 Å². The van der Waals surface area contributed by atoms with Gasteiger partial charge >= 0.3 is 0 Å². The summed E-state index contributed by atoms with van der Waals surface area (Å²) in [6.07, 6.45) is 0.855. The minimum Gasteiger partial charge on any atom is -0.342 e. The van der Waals surface area contributed by atoms with Crippen molar-refractivity contribution >= 4 is 21.8 Å². The first-order chi connectivity index (χ1) is 6.02. The molecule has 13 heavy (non-hydrogen) atoms. The highest BCUT2D eigenvalue weighted by atomic mass is 79.9. The molecule has 0 aromatic carbocycles. The van der Waals surface area contributed by atoms with Crippen LogP contribution >= 0.6 is 15.9 Å². The van der Waals surface area contributed by atoms with Crippen LogP contribution in [0.2, 0.25) is 0 Å². The first kappa shape index (κ1) is 12.9. The zero-order valence-corrected chi connectivity index (χ0v) is 10.6.